The third-order valence-corrected chi connectivity index (χ3v) is 4.01. The van der Waals surface area contributed by atoms with Gasteiger partial charge in [0.05, 0.1) is 6.21 Å². The number of nitrogens with one attached hydrogen (secondary N) is 1. The zero-order valence-corrected chi connectivity index (χ0v) is 13.8. The highest BCUT2D eigenvalue weighted by Gasteiger charge is 2.09. The zero-order valence-electron chi connectivity index (χ0n) is 12.9. The summed E-state index contributed by atoms with van der Waals surface area (Å²) in [5.41, 5.74) is 9.86. The van der Waals surface area contributed by atoms with Crippen molar-refractivity contribution < 1.29 is 13.5 Å². The van der Waals surface area contributed by atoms with Crippen molar-refractivity contribution in [3.8, 4) is 5.75 Å². The first-order valence-electron chi connectivity index (χ1n) is 7.28. The summed E-state index contributed by atoms with van der Waals surface area (Å²) in [5, 5.41) is 6.38. The first-order chi connectivity index (χ1) is 12.1. The quantitative estimate of drug-likeness (QED) is 0.514. The number of aromatic nitrogens is 1. The van der Waals surface area contributed by atoms with Gasteiger partial charge >= 0.3 is 0 Å². The van der Waals surface area contributed by atoms with Crippen LogP contribution in [0.4, 0.5) is 19.7 Å². The van der Waals surface area contributed by atoms with Crippen molar-refractivity contribution in [1.82, 2.24) is 4.98 Å². The van der Waals surface area contributed by atoms with Crippen LogP contribution in [-0.2, 0) is 6.61 Å². The highest BCUT2D eigenvalue weighted by Crippen LogP contribution is 2.21. The van der Waals surface area contributed by atoms with Crippen LogP contribution in [-0.4, -0.2) is 11.2 Å². The third kappa shape index (κ3) is 4.30. The maximum absolute atomic E-state index is 13.6. The number of hydrogen-bond acceptors (Lipinski definition) is 6. The van der Waals surface area contributed by atoms with Gasteiger partial charge in [-0.2, -0.15) is 9.49 Å². The molecule has 0 unspecified atom stereocenters. The van der Waals surface area contributed by atoms with E-state index in [1.165, 1.54) is 23.5 Å². The average Bonchev–Trinajstić information content (AvgIpc) is 3.02. The number of thiazole rings is 1. The van der Waals surface area contributed by atoms with Crippen LogP contribution in [0.2, 0.25) is 0 Å². The minimum atomic E-state index is -1.00. The van der Waals surface area contributed by atoms with Crippen molar-refractivity contribution in [2.75, 3.05) is 11.2 Å². The van der Waals surface area contributed by atoms with Crippen LogP contribution >= 0.6 is 11.3 Å². The fourth-order valence-electron chi connectivity index (χ4n) is 2.04. The largest absolute Gasteiger partial charge is 0.486 e. The summed E-state index contributed by atoms with van der Waals surface area (Å²) < 4.78 is 32.2. The lowest BCUT2D eigenvalue weighted by atomic mass is 10.1. The molecule has 128 valence electrons. The molecule has 1 heterocycles. The maximum Gasteiger partial charge on any atom is 0.205 e. The first-order valence-corrected chi connectivity index (χ1v) is 8.16. The second kappa shape index (κ2) is 7.71. The van der Waals surface area contributed by atoms with Crippen molar-refractivity contribution in [3.63, 3.8) is 0 Å². The zero-order chi connectivity index (χ0) is 17.6. The molecular weight excluding hydrogens is 346 g/mol. The van der Waals surface area contributed by atoms with Gasteiger partial charge in [0.25, 0.3) is 0 Å². The monoisotopic (exact) mass is 360 g/mol. The van der Waals surface area contributed by atoms with E-state index in [-0.39, 0.29) is 12.4 Å². The lowest BCUT2D eigenvalue weighted by molar-refractivity contribution is 0.284. The number of benzene rings is 2. The Labute approximate surface area is 146 Å². The van der Waals surface area contributed by atoms with Gasteiger partial charge in [-0.05, 0) is 17.7 Å². The molecule has 0 aliphatic heterocycles. The fraction of sp³-hybridized carbons (Fsp3) is 0.0588. The van der Waals surface area contributed by atoms with E-state index in [1.54, 1.807) is 11.6 Å². The van der Waals surface area contributed by atoms with E-state index in [1.807, 2.05) is 24.3 Å². The van der Waals surface area contributed by atoms with Gasteiger partial charge in [-0.1, -0.05) is 30.3 Å². The van der Waals surface area contributed by atoms with E-state index in [9.17, 15) is 8.78 Å². The van der Waals surface area contributed by atoms with Gasteiger partial charge in [0, 0.05) is 10.9 Å². The number of nitrogens with zero attached hydrogens (tertiary/aromatic N) is 2. The molecular formula is C17H14F2N4OS. The number of nitrogens with two attached hydrogens (primary N) is 1. The SMILES string of the molecule is Nc1csc(NN=Cc2ccccc2COc2cccc(F)c2F)n1. The normalized spacial score (nSPS) is 11.0. The molecule has 3 N–H and O–H groups in total. The smallest absolute Gasteiger partial charge is 0.205 e. The lowest BCUT2D eigenvalue weighted by Gasteiger charge is -2.09. The van der Waals surface area contributed by atoms with Gasteiger partial charge in [-0.25, -0.2) is 9.37 Å². The molecule has 0 saturated heterocycles. The molecule has 0 atom stereocenters. The third-order valence-electron chi connectivity index (χ3n) is 3.24. The van der Waals surface area contributed by atoms with Crippen molar-refractivity contribution in [1.29, 1.82) is 0 Å². The van der Waals surface area contributed by atoms with Crippen molar-refractivity contribution in [2.45, 2.75) is 6.61 Å². The first kappa shape index (κ1) is 16.8. The van der Waals surface area contributed by atoms with Crippen molar-refractivity contribution >= 4 is 28.5 Å². The molecule has 0 amide bonds. The van der Waals surface area contributed by atoms with E-state index in [2.05, 4.69) is 15.5 Å². The molecule has 0 saturated carbocycles. The molecule has 8 heteroatoms. The summed E-state index contributed by atoms with van der Waals surface area (Å²) in [4.78, 5) is 4.03. The van der Waals surface area contributed by atoms with Gasteiger partial charge in [0.1, 0.15) is 12.4 Å². The summed E-state index contributed by atoms with van der Waals surface area (Å²) in [6.07, 6.45) is 1.60. The summed E-state index contributed by atoms with van der Waals surface area (Å²) >= 11 is 1.34. The van der Waals surface area contributed by atoms with E-state index < -0.39 is 11.6 Å². The van der Waals surface area contributed by atoms with Gasteiger partial charge < -0.3 is 10.5 Å². The highest BCUT2D eigenvalue weighted by molar-refractivity contribution is 7.14. The average molecular weight is 360 g/mol. The molecule has 0 aliphatic carbocycles. The molecule has 5 nitrogen and oxygen atoms in total. The molecule has 0 spiro atoms. The van der Waals surface area contributed by atoms with Crippen LogP contribution in [0.25, 0.3) is 0 Å². The van der Waals surface area contributed by atoms with Crippen LogP contribution < -0.4 is 15.9 Å². The number of nitrogen functional groups attached to an aromatic ring is 1. The lowest BCUT2D eigenvalue weighted by Crippen LogP contribution is -2.02. The summed E-state index contributed by atoms with van der Waals surface area (Å²) in [7, 11) is 0. The fourth-order valence-corrected chi connectivity index (χ4v) is 2.59. The number of rotatable bonds is 6. The molecule has 0 bridgehead atoms. The second-order valence-electron chi connectivity index (χ2n) is 4.99. The Hall–Kier alpha value is -3.00. The topological polar surface area (TPSA) is 72.5 Å². The number of ether oxygens (including phenoxy) is 1. The van der Waals surface area contributed by atoms with E-state index in [0.717, 1.165) is 17.2 Å². The summed E-state index contributed by atoms with van der Waals surface area (Å²) in [5.74, 6) is -1.66. The number of anilines is 2. The Kier molecular flexibility index (Phi) is 5.20. The molecule has 0 aliphatic rings. The van der Waals surface area contributed by atoms with E-state index in [4.69, 9.17) is 10.5 Å². The Morgan fingerprint density at radius 2 is 2.04 bits per heavy atom. The van der Waals surface area contributed by atoms with E-state index >= 15 is 0 Å². The van der Waals surface area contributed by atoms with Gasteiger partial charge in [0.15, 0.2) is 11.6 Å². The molecule has 1 aromatic heterocycles. The van der Waals surface area contributed by atoms with Gasteiger partial charge in [-0.15, -0.1) is 11.3 Å². The molecule has 2 aromatic carbocycles. The molecule has 0 fully saturated rings. The molecule has 3 aromatic rings. The molecule has 25 heavy (non-hydrogen) atoms. The van der Waals surface area contributed by atoms with Gasteiger partial charge in [0.2, 0.25) is 10.9 Å². The summed E-state index contributed by atoms with van der Waals surface area (Å²) in [6.45, 7) is 0.0762. The van der Waals surface area contributed by atoms with Crippen LogP contribution in [0.15, 0.2) is 52.9 Å². The van der Waals surface area contributed by atoms with Crippen LogP contribution in [0.3, 0.4) is 0 Å². The van der Waals surface area contributed by atoms with Crippen molar-refractivity contribution in [2.24, 2.45) is 5.10 Å². The Bertz CT molecular complexity index is 898. The van der Waals surface area contributed by atoms with E-state index in [0.29, 0.717) is 10.9 Å². The number of halogens is 2. The van der Waals surface area contributed by atoms with Crippen LogP contribution in [0.5, 0.6) is 5.75 Å². The number of hydrogen-bond donors (Lipinski definition) is 2. The minimum absolute atomic E-state index is 0.0762. The second-order valence-corrected chi connectivity index (χ2v) is 5.85. The predicted molar refractivity (Wildman–Crippen MR) is 94.9 cm³/mol. The Morgan fingerprint density at radius 3 is 2.84 bits per heavy atom. The number of hydrazone groups is 1. The summed E-state index contributed by atoms with van der Waals surface area (Å²) in [6, 6.07) is 11.1. The van der Waals surface area contributed by atoms with Gasteiger partial charge in [-0.3, -0.25) is 5.43 Å². The highest BCUT2D eigenvalue weighted by atomic mass is 32.1. The van der Waals surface area contributed by atoms with Crippen LogP contribution in [0.1, 0.15) is 11.1 Å². The Balaban J connectivity index is 1.69. The molecule has 0 radical (unpaired) electrons. The minimum Gasteiger partial charge on any atom is -0.486 e. The predicted octanol–water partition coefficient (Wildman–Crippen LogP) is 4.03. The Morgan fingerprint density at radius 1 is 1.20 bits per heavy atom. The van der Waals surface area contributed by atoms with Crippen LogP contribution in [0, 0.1) is 11.6 Å². The molecule has 3 rings (SSSR count). The maximum atomic E-state index is 13.6. The standard InChI is InChI=1S/C17H14F2N4OS/c18-13-6-3-7-14(16(13)19)24-9-12-5-2-1-4-11(12)8-21-23-17-22-15(20)10-25-17/h1-8,10H,9,20H2,(H,22,23). The van der Waals surface area contributed by atoms with Crippen molar-refractivity contribution in [3.05, 3.63) is 70.6 Å².